The van der Waals surface area contributed by atoms with Crippen molar-refractivity contribution in [3.8, 4) is 0 Å². The Hall–Kier alpha value is -1.72. The minimum atomic E-state index is 0.194. The zero-order chi connectivity index (χ0) is 16.9. The van der Waals surface area contributed by atoms with Gasteiger partial charge >= 0.3 is 0 Å². The highest BCUT2D eigenvalue weighted by Crippen LogP contribution is 2.46. The molecule has 124 valence electrons. The van der Waals surface area contributed by atoms with E-state index in [-0.39, 0.29) is 5.12 Å². The maximum absolute atomic E-state index is 11.1. The maximum atomic E-state index is 11.1. The fourth-order valence-corrected chi connectivity index (χ4v) is 4.29. The number of aromatic nitrogens is 1. The molecular weight excluding hydrogens is 336 g/mol. The number of carbonyl (C=O) groups is 1. The second-order valence-electron chi connectivity index (χ2n) is 5.69. The van der Waals surface area contributed by atoms with Gasteiger partial charge < -0.3 is 4.90 Å². The summed E-state index contributed by atoms with van der Waals surface area (Å²) in [6.07, 6.45) is 7.35. The Balaban J connectivity index is 1.79. The number of aryl methyl sites for hydroxylation is 1. The number of hydrogen-bond acceptors (Lipinski definition) is 4. The van der Waals surface area contributed by atoms with E-state index >= 15 is 0 Å². The zero-order valence-electron chi connectivity index (χ0n) is 13.9. The second kappa shape index (κ2) is 7.90. The Kier molecular flexibility index (Phi) is 5.63. The smallest absolute Gasteiger partial charge is 0.185 e. The molecule has 2 heterocycles. The number of rotatable bonds is 5. The monoisotopic (exact) mass is 357 g/mol. The van der Waals surface area contributed by atoms with E-state index in [1.54, 1.807) is 6.92 Å². The van der Waals surface area contributed by atoms with E-state index in [2.05, 4.69) is 59.8 Å². The Morgan fingerprint density at radius 3 is 2.75 bits per heavy atom. The van der Waals surface area contributed by atoms with Gasteiger partial charge in [-0.25, -0.2) is 4.57 Å². The lowest BCUT2D eigenvalue weighted by Gasteiger charge is -2.20. The van der Waals surface area contributed by atoms with Crippen LogP contribution in [0.1, 0.15) is 18.9 Å². The molecule has 24 heavy (non-hydrogen) atoms. The van der Waals surface area contributed by atoms with Gasteiger partial charge in [0.15, 0.2) is 17.5 Å². The van der Waals surface area contributed by atoms with E-state index < -0.39 is 0 Å². The maximum Gasteiger partial charge on any atom is 0.185 e. The van der Waals surface area contributed by atoms with Crippen molar-refractivity contribution in [2.75, 3.05) is 17.2 Å². The Labute approximate surface area is 151 Å². The standard InChI is InChI=1S/C19H21N2OS2/c1-15(22)23-13-5-10-21-17-6-3-4-7-18(17)24-19(21)14-16-8-11-20(2)12-9-16/h3-4,6-9,11-12,14H,5,10,13H2,1-2H3/q+1. The first-order valence-corrected chi connectivity index (χ1v) is 9.78. The molecule has 5 heteroatoms. The van der Waals surface area contributed by atoms with Gasteiger partial charge in [0, 0.05) is 36.2 Å². The van der Waals surface area contributed by atoms with E-state index in [4.69, 9.17) is 0 Å². The van der Waals surface area contributed by atoms with Gasteiger partial charge in [-0.1, -0.05) is 35.7 Å². The van der Waals surface area contributed by atoms with Gasteiger partial charge in [-0.2, -0.15) is 0 Å². The minimum absolute atomic E-state index is 0.194. The first-order valence-electron chi connectivity index (χ1n) is 7.98. The van der Waals surface area contributed by atoms with Gasteiger partial charge in [0.2, 0.25) is 0 Å². The van der Waals surface area contributed by atoms with Crippen molar-refractivity contribution in [3.05, 3.63) is 59.4 Å². The summed E-state index contributed by atoms with van der Waals surface area (Å²) >= 11 is 3.22. The van der Waals surface area contributed by atoms with Crippen molar-refractivity contribution in [2.45, 2.75) is 18.2 Å². The minimum Gasteiger partial charge on any atom is -0.335 e. The predicted molar refractivity (Wildman–Crippen MR) is 103 cm³/mol. The molecule has 0 radical (unpaired) electrons. The lowest BCUT2D eigenvalue weighted by molar-refractivity contribution is -0.671. The topological polar surface area (TPSA) is 24.2 Å². The molecule has 0 saturated carbocycles. The van der Waals surface area contributed by atoms with Crippen molar-refractivity contribution in [1.29, 1.82) is 0 Å². The van der Waals surface area contributed by atoms with Crippen molar-refractivity contribution in [2.24, 2.45) is 7.05 Å². The number of anilines is 1. The fourth-order valence-electron chi connectivity index (χ4n) is 2.58. The molecule has 1 aromatic heterocycles. The van der Waals surface area contributed by atoms with E-state index in [9.17, 15) is 4.79 Å². The highest BCUT2D eigenvalue weighted by atomic mass is 32.2. The van der Waals surface area contributed by atoms with Gasteiger partial charge in [0.05, 0.1) is 10.7 Å². The van der Waals surface area contributed by atoms with Crippen LogP contribution in [0.3, 0.4) is 0 Å². The third-order valence-electron chi connectivity index (χ3n) is 3.76. The number of pyridine rings is 1. The molecule has 0 bridgehead atoms. The molecule has 0 spiro atoms. The average Bonchev–Trinajstić information content (AvgIpc) is 2.91. The van der Waals surface area contributed by atoms with Gasteiger partial charge in [0.25, 0.3) is 0 Å². The van der Waals surface area contributed by atoms with Gasteiger partial charge in [-0.15, -0.1) is 0 Å². The molecule has 0 amide bonds. The highest BCUT2D eigenvalue weighted by Gasteiger charge is 2.24. The number of fused-ring (bicyclic) bond motifs is 1. The van der Waals surface area contributed by atoms with Gasteiger partial charge in [-0.3, -0.25) is 4.79 Å². The molecule has 0 saturated heterocycles. The number of thioether (sulfide) groups is 2. The summed E-state index contributed by atoms with van der Waals surface area (Å²) < 4.78 is 2.04. The van der Waals surface area contributed by atoms with Crippen molar-refractivity contribution < 1.29 is 9.36 Å². The summed E-state index contributed by atoms with van der Waals surface area (Å²) in [6.45, 7) is 2.56. The number of para-hydroxylation sites is 1. The van der Waals surface area contributed by atoms with Crippen LogP contribution in [0.25, 0.3) is 6.08 Å². The predicted octanol–water partition coefficient (Wildman–Crippen LogP) is 4.09. The third kappa shape index (κ3) is 4.22. The number of carbonyl (C=O) groups excluding carboxylic acids is 1. The summed E-state index contributed by atoms with van der Waals surface area (Å²) in [4.78, 5) is 14.8. The molecule has 3 nitrogen and oxygen atoms in total. The number of nitrogens with zero attached hydrogens (tertiary/aromatic N) is 2. The van der Waals surface area contributed by atoms with Crippen molar-refractivity contribution >= 4 is 40.4 Å². The molecule has 0 N–H and O–H groups in total. The SMILES string of the molecule is CC(=O)SCCCN1/C(=C/c2cc[n+](C)cc2)Sc2ccccc21. The number of benzene rings is 1. The Morgan fingerprint density at radius 1 is 1.25 bits per heavy atom. The fraction of sp³-hybridized carbons (Fsp3) is 0.263. The Morgan fingerprint density at radius 2 is 2.00 bits per heavy atom. The van der Waals surface area contributed by atoms with Crippen LogP contribution in [-0.2, 0) is 11.8 Å². The van der Waals surface area contributed by atoms with Crippen LogP contribution >= 0.6 is 23.5 Å². The van der Waals surface area contributed by atoms with E-state index in [1.807, 2.05) is 23.4 Å². The molecular formula is C19H21N2OS2+. The van der Waals surface area contributed by atoms with Crippen LogP contribution in [0.4, 0.5) is 5.69 Å². The highest BCUT2D eigenvalue weighted by molar-refractivity contribution is 8.13. The first kappa shape index (κ1) is 17.1. The quantitative estimate of drug-likeness (QED) is 0.594. The molecule has 3 rings (SSSR count). The summed E-state index contributed by atoms with van der Waals surface area (Å²) in [5.74, 6) is 0.868. The molecule has 0 atom stereocenters. The van der Waals surface area contributed by atoms with Crippen LogP contribution in [-0.4, -0.2) is 17.4 Å². The van der Waals surface area contributed by atoms with Crippen molar-refractivity contribution in [1.82, 2.24) is 0 Å². The van der Waals surface area contributed by atoms with Crippen LogP contribution in [0, 0.1) is 0 Å². The zero-order valence-corrected chi connectivity index (χ0v) is 15.6. The third-order valence-corrected chi connectivity index (χ3v) is 5.77. The average molecular weight is 358 g/mol. The first-order chi connectivity index (χ1) is 11.6. The van der Waals surface area contributed by atoms with E-state index in [1.165, 1.54) is 32.9 Å². The summed E-state index contributed by atoms with van der Waals surface area (Å²) in [5.41, 5.74) is 2.47. The molecule has 1 aromatic carbocycles. The molecule has 0 unspecified atom stereocenters. The number of hydrogen-bond donors (Lipinski definition) is 0. The summed E-state index contributed by atoms with van der Waals surface area (Å²) in [7, 11) is 2.02. The molecule has 0 aliphatic carbocycles. The summed E-state index contributed by atoms with van der Waals surface area (Å²) in [5, 5.41) is 1.44. The molecule has 1 aliphatic heterocycles. The van der Waals surface area contributed by atoms with Crippen LogP contribution in [0.2, 0.25) is 0 Å². The van der Waals surface area contributed by atoms with Crippen LogP contribution < -0.4 is 9.47 Å². The second-order valence-corrected chi connectivity index (χ2v) is 8.03. The molecule has 2 aromatic rings. The Bertz CT molecular complexity index is 756. The van der Waals surface area contributed by atoms with Gasteiger partial charge in [0.1, 0.15) is 7.05 Å². The largest absolute Gasteiger partial charge is 0.335 e. The van der Waals surface area contributed by atoms with Crippen LogP contribution in [0.5, 0.6) is 0 Å². The van der Waals surface area contributed by atoms with E-state index in [0.29, 0.717) is 0 Å². The van der Waals surface area contributed by atoms with Crippen LogP contribution in [0.15, 0.2) is 58.7 Å². The van der Waals surface area contributed by atoms with Crippen molar-refractivity contribution in [3.63, 3.8) is 0 Å². The molecule has 1 aliphatic rings. The lowest BCUT2D eigenvalue weighted by Crippen LogP contribution is -2.25. The summed E-state index contributed by atoms with van der Waals surface area (Å²) in [6, 6.07) is 12.8. The normalized spacial score (nSPS) is 14.9. The van der Waals surface area contributed by atoms with E-state index in [0.717, 1.165) is 18.7 Å². The molecule has 0 fully saturated rings. The van der Waals surface area contributed by atoms with Gasteiger partial charge in [-0.05, 0) is 30.2 Å². The lowest BCUT2D eigenvalue weighted by atomic mass is 10.2.